The molecule has 1 aromatic rings. The SMILES string of the molecule is CC1CN(Cc2cccc(C(F)F)c2)C(C)CN1. The van der Waals surface area contributed by atoms with Crippen LogP contribution in [0.5, 0.6) is 0 Å². The van der Waals surface area contributed by atoms with Crippen molar-refractivity contribution in [1.82, 2.24) is 10.2 Å². The smallest absolute Gasteiger partial charge is 0.263 e. The van der Waals surface area contributed by atoms with Gasteiger partial charge in [-0.1, -0.05) is 18.2 Å². The van der Waals surface area contributed by atoms with Gasteiger partial charge in [-0.25, -0.2) is 8.78 Å². The van der Waals surface area contributed by atoms with Gasteiger partial charge in [-0.3, -0.25) is 4.90 Å². The Hall–Kier alpha value is -1.00. The van der Waals surface area contributed by atoms with Gasteiger partial charge in [-0.2, -0.15) is 0 Å². The summed E-state index contributed by atoms with van der Waals surface area (Å²) in [5, 5.41) is 3.42. The molecule has 1 N–H and O–H groups in total. The van der Waals surface area contributed by atoms with Gasteiger partial charge in [-0.15, -0.1) is 0 Å². The first-order valence-electron chi connectivity index (χ1n) is 6.40. The monoisotopic (exact) mass is 254 g/mol. The minimum atomic E-state index is -2.38. The number of halogens is 2. The molecule has 100 valence electrons. The summed E-state index contributed by atoms with van der Waals surface area (Å²) in [5.74, 6) is 0. The molecule has 2 atom stereocenters. The number of benzene rings is 1. The Bertz CT molecular complexity index is 395. The highest BCUT2D eigenvalue weighted by molar-refractivity contribution is 5.24. The van der Waals surface area contributed by atoms with Gasteiger partial charge in [0.05, 0.1) is 0 Å². The lowest BCUT2D eigenvalue weighted by Gasteiger charge is -2.37. The van der Waals surface area contributed by atoms with Crippen LogP contribution < -0.4 is 5.32 Å². The number of alkyl halides is 2. The van der Waals surface area contributed by atoms with Gasteiger partial charge < -0.3 is 5.32 Å². The van der Waals surface area contributed by atoms with Gasteiger partial charge in [0.15, 0.2) is 0 Å². The maximum Gasteiger partial charge on any atom is 0.263 e. The molecular formula is C14H20F2N2. The predicted octanol–water partition coefficient (Wildman–Crippen LogP) is 2.81. The topological polar surface area (TPSA) is 15.3 Å². The van der Waals surface area contributed by atoms with Crippen molar-refractivity contribution >= 4 is 0 Å². The Balaban J connectivity index is 2.06. The highest BCUT2D eigenvalue weighted by Crippen LogP contribution is 2.21. The maximum atomic E-state index is 12.6. The molecule has 0 spiro atoms. The number of nitrogens with one attached hydrogen (secondary N) is 1. The molecule has 0 aliphatic carbocycles. The molecular weight excluding hydrogens is 234 g/mol. The van der Waals surface area contributed by atoms with Crippen LogP contribution >= 0.6 is 0 Å². The summed E-state index contributed by atoms with van der Waals surface area (Å²) in [7, 11) is 0. The number of piperazine rings is 1. The normalized spacial score (nSPS) is 25.6. The zero-order valence-electron chi connectivity index (χ0n) is 10.9. The summed E-state index contributed by atoms with van der Waals surface area (Å²) in [6.45, 7) is 6.97. The Morgan fingerprint density at radius 3 is 2.89 bits per heavy atom. The van der Waals surface area contributed by atoms with Crippen molar-refractivity contribution in [1.29, 1.82) is 0 Å². The van der Waals surface area contributed by atoms with E-state index in [1.807, 2.05) is 6.07 Å². The summed E-state index contributed by atoms with van der Waals surface area (Å²) < 4.78 is 25.3. The van der Waals surface area contributed by atoms with Crippen LogP contribution in [0.2, 0.25) is 0 Å². The largest absolute Gasteiger partial charge is 0.311 e. The fourth-order valence-corrected chi connectivity index (χ4v) is 2.38. The molecule has 1 aliphatic heterocycles. The van der Waals surface area contributed by atoms with Crippen molar-refractivity contribution in [2.75, 3.05) is 13.1 Å². The Kier molecular flexibility index (Phi) is 4.30. The first-order chi connectivity index (χ1) is 8.56. The van der Waals surface area contributed by atoms with Crippen molar-refractivity contribution in [3.8, 4) is 0 Å². The third kappa shape index (κ3) is 3.27. The van der Waals surface area contributed by atoms with E-state index >= 15 is 0 Å². The molecule has 4 heteroatoms. The highest BCUT2D eigenvalue weighted by atomic mass is 19.3. The summed E-state index contributed by atoms with van der Waals surface area (Å²) >= 11 is 0. The van der Waals surface area contributed by atoms with Crippen LogP contribution in [-0.4, -0.2) is 30.1 Å². The van der Waals surface area contributed by atoms with Gasteiger partial charge in [0.1, 0.15) is 0 Å². The minimum Gasteiger partial charge on any atom is -0.311 e. The van der Waals surface area contributed by atoms with Crippen LogP contribution in [0.3, 0.4) is 0 Å². The lowest BCUT2D eigenvalue weighted by Crippen LogP contribution is -2.53. The van der Waals surface area contributed by atoms with Crippen LogP contribution in [0.4, 0.5) is 8.78 Å². The van der Waals surface area contributed by atoms with Gasteiger partial charge in [0, 0.05) is 37.3 Å². The average molecular weight is 254 g/mol. The third-order valence-electron chi connectivity index (χ3n) is 3.48. The molecule has 2 unspecified atom stereocenters. The van der Waals surface area contributed by atoms with Crippen molar-refractivity contribution in [2.24, 2.45) is 0 Å². The summed E-state index contributed by atoms with van der Waals surface area (Å²) in [4.78, 5) is 2.34. The quantitative estimate of drug-likeness (QED) is 0.892. The van der Waals surface area contributed by atoms with Crippen LogP contribution in [0.1, 0.15) is 31.4 Å². The molecule has 18 heavy (non-hydrogen) atoms. The molecule has 0 bridgehead atoms. The number of hydrogen-bond donors (Lipinski definition) is 1. The molecule has 2 nitrogen and oxygen atoms in total. The number of rotatable bonds is 3. The third-order valence-corrected chi connectivity index (χ3v) is 3.48. The first-order valence-corrected chi connectivity index (χ1v) is 6.40. The molecule has 1 saturated heterocycles. The fourth-order valence-electron chi connectivity index (χ4n) is 2.38. The van der Waals surface area contributed by atoms with Gasteiger partial charge >= 0.3 is 0 Å². The summed E-state index contributed by atoms with van der Waals surface area (Å²) in [6.07, 6.45) is -2.38. The Labute approximate surface area is 107 Å². The van der Waals surface area contributed by atoms with Crippen molar-refractivity contribution in [3.05, 3.63) is 35.4 Å². The molecule has 1 aromatic carbocycles. The van der Waals surface area contributed by atoms with Gasteiger partial charge in [-0.05, 0) is 25.5 Å². The van der Waals surface area contributed by atoms with E-state index in [0.717, 1.165) is 25.2 Å². The molecule has 0 saturated carbocycles. The molecule has 0 amide bonds. The molecule has 0 aromatic heterocycles. The fraction of sp³-hybridized carbons (Fsp3) is 0.571. The Morgan fingerprint density at radius 2 is 2.17 bits per heavy atom. The molecule has 2 rings (SSSR count). The number of hydrogen-bond acceptors (Lipinski definition) is 2. The molecule has 0 radical (unpaired) electrons. The van der Waals surface area contributed by atoms with E-state index in [-0.39, 0.29) is 5.56 Å². The van der Waals surface area contributed by atoms with E-state index in [2.05, 4.69) is 24.1 Å². The Morgan fingerprint density at radius 1 is 1.39 bits per heavy atom. The second kappa shape index (κ2) is 5.76. The van der Waals surface area contributed by atoms with Gasteiger partial charge in [0.25, 0.3) is 6.43 Å². The second-order valence-corrected chi connectivity index (χ2v) is 5.13. The van der Waals surface area contributed by atoms with E-state index in [1.54, 1.807) is 12.1 Å². The summed E-state index contributed by atoms with van der Waals surface area (Å²) in [5.41, 5.74) is 1.08. The van der Waals surface area contributed by atoms with E-state index < -0.39 is 6.43 Å². The predicted molar refractivity (Wildman–Crippen MR) is 68.7 cm³/mol. The van der Waals surface area contributed by atoms with E-state index in [4.69, 9.17) is 0 Å². The van der Waals surface area contributed by atoms with E-state index in [1.165, 1.54) is 6.07 Å². The first kappa shape index (κ1) is 13.4. The lowest BCUT2D eigenvalue weighted by molar-refractivity contribution is 0.137. The summed E-state index contributed by atoms with van der Waals surface area (Å²) in [6, 6.07) is 7.64. The van der Waals surface area contributed by atoms with E-state index in [9.17, 15) is 8.78 Å². The second-order valence-electron chi connectivity index (χ2n) is 5.13. The lowest BCUT2D eigenvalue weighted by atomic mass is 10.1. The van der Waals surface area contributed by atoms with Crippen LogP contribution in [0.15, 0.2) is 24.3 Å². The average Bonchev–Trinajstić information content (AvgIpc) is 2.34. The molecule has 1 fully saturated rings. The zero-order chi connectivity index (χ0) is 13.1. The van der Waals surface area contributed by atoms with Gasteiger partial charge in [0.2, 0.25) is 0 Å². The highest BCUT2D eigenvalue weighted by Gasteiger charge is 2.22. The van der Waals surface area contributed by atoms with Crippen LogP contribution in [-0.2, 0) is 6.54 Å². The van der Waals surface area contributed by atoms with Crippen molar-refractivity contribution < 1.29 is 8.78 Å². The molecule has 1 heterocycles. The van der Waals surface area contributed by atoms with Crippen LogP contribution in [0, 0.1) is 0 Å². The standard InChI is InChI=1S/C14H20F2N2/c1-10-8-18(11(2)7-17-10)9-12-4-3-5-13(6-12)14(15)16/h3-6,10-11,14,17H,7-9H2,1-2H3. The molecule has 1 aliphatic rings. The maximum absolute atomic E-state index is 12.6. The van der Waals surface area contributed by atoms with Crippen molar-refractivity contribution in [3.63, 3.8) is 0 Å². The number of nitrogens with zero attached hydrogens (tertiary/aromatic N) is 1. The minimum absolute atomic E-state index is 0.114. The van der Waals surface area contributed by atoms with E-state index in [0.29, 0.717) is 12.1 Å². The van der Waals surface area contributed by atoms with Crippen molar-refractivity contribution in [2.45, 2.75) is 38.9 Å². The zero-order valence-corrected chi connectivity index (χ0v) is 10.9. The van der Waals surface area contributed by atoms with Crippen LogP contribution in [0.25, 0.3) is 0 Å².